The van der Waals surface area contributed by atoms with Gasteiger partial charge in [-0.05, 0) is 6.54 Å². The van der Waals surface area contributed by atoms with Gasteiger partial charge in [0.05, 0.1) is 30.1 Å². The van der Waals surface area contributed by atoms with Gasteiger partial charge in [0.25, 0.3) is 6.43 Å². The normalized spacial score (nSPS) is 13.3. The average molecular weight is 268 g/mol. The molecule has 0 aromatic carbocycles. The van der Waals surface area contributed by atoms with Crippen LogP contribution >= 0.6 is 11.6 Å². The lowest BCUT2D eigenvalue weighted by molar-refractivity contribution is 0.0935. The maximum atomic E-state index is 12.9. The zero-order valence-electron chi connectivity index (χ0n) is 9.79. The van der Waals surface area contributed by atoms with Gasteiger partial charge < -0.3 is 10.1 Å². The number of halogens is 3. The second kappa shape index (κ2) is 6.88. The molecular weight excluding hydrogens is 252 g/mol. The van der Waals surface area contributed by atoms with Gasteiger partial charge in [0, 0.05) is 7.11 Å². The SMILES string of the molecule is CCNC(c1c(Cl)cnn1CCOC)C(F)F. The Balaban J connectivity index is 2.95. The number of aromatic nitrogens is 2. The monoisotopic (exact) mass is 267 g/mol. The van der Waals surface area contributed by atoms with Gasteiger partial charge in [-0.1, -0.05) is 18.5 Å². The van der Waals surface area contributed by atoms with Crippen molar-refractivity contribution in [3.8, 4) is 0 Å². The average Bonchev–Trinajstić information content (AvgIpc) is 2.64. The molecule has 1 aromatic rings. The van der Waals surface area contributed by atoms with Crippen molar-refractivity contribution in [3.05, 3.63) is 16.9 Å². The van der Waals surface area contributed by atoms with Crippen LogP contribution in [0.3, 0.4) is 0 Å². The molecule has 17 heavy (non-hydrogen) atoms. The van der Waals surface area contributed by atoms with Gasteiger partial charge in [0.2, 0.25) is 0 Å². The molecule has 0 radical (unpaired) electrons. The Labute approximate surface area is 104 Å². The lowest BCUT2D eigenvalue weighted by atomic mass is 10.2. The molecule has 0 amide bonds. The number of hydrogen-bond acceptors (Lipinski definition) is 3. The molecule has 0 spiro atoms. The van der Waals surface area contributed by atoms with E-state index in [1.807, 2.05) is 0 Å². The number of nitrogens with zero attached hydrogens (tertiary/aromatic N) is 2. The summed E-state index contributed by atoms with van der Waals surface area (Å²) < 4.78 is 32.2. The third-order valence-electron chi connectivity index (χ3n) is 2.31. The molecule has 1 unspecified atom stereocenters. The number of ether oxygens (including phenoxy) is 1. The molecule has 1 atom stereocenters. The quantitative estimate of drug-likeness (QED) is 0.822. The van der Waals surface area contributed by atoms with E-state index < -0.39 is 12.5 Å². The summed E-state index contributed by atoms with van der Waals surface area (Å²) in [5.74, 6) is 0. The molecule has 0 bridgehead atoms. The van der Waals surface area contributed by atoms with Crippen LogP contribution in [0, 0.1) is 0 Å². The molecule has 0 aliphatic heterocycles. The van der Waals surface area contributed by atoms with Crippen molar-refractivity contribution >= 4 is 11.6 Å². The van der Waals surface area contributed by atoms with Crippen LogP contribution in [-0.2, 0) is 11.3 Å². The van der Waals surface area contributed by atoms with Gasteiger partial charge in [-0.25, -0.2) is 8.78 Å². The molecular formula is C10H16ClF2N3O. The predicted octanol–water partition coefficient (Wildman–Crippen LogP) is 2.10. The van der Waals surface area contributed by atoms with E-state index in [1.165, 1.54) is 10.9 Å². The number of methoxy groups -OCH3 is 1. The van der Waals surface area contributed by atoms with E-state index in [4.69, 9.17) is 16.3 Å². The molecule has 0 saturated carbocycles. The van der Waals surface area contributed by atoms with E-state index in [0.29, 0.717) is 25.4 Å². The first-order chi connectivity index (χ1) is 8.11. The van der Waals surface area contributed by atoms with E-state index in [1.54, 1.807) is 14.0 Å². The maximum Gasteiger partial charge on any atom is 0.259 e. The Morgan fingerprint density at radius 2 is 2.29 bits per heavy atom. The molecule has 4 nitrogen and oxygen atoms in total. The first kappa shape index (κ1) is 14.3. The molecule has 0 fully saturated rings. The van der Waals surface area contributed by atoms with E-state index in [9.17, 15) is 8.78 Å². The van der Waals surface area contributed by atoms with Crippen LogP contribution < -0.4 is 5.32 Å². The molecule has 0 aliphatic carbocycles. The van der Waals surface area contributed by atoms with Crippen LogP contribution in [-0.4, -0.2) is 36.5 Å². The second-order valence-electron chi connectivity index (χ2n) is 3.46. The number of nitrogens with one attached hydrogen (secondary N) is 1. The Kier molecular flexibility index (Phi) is 5.80. The molecule has 1 rings (SSSR count). The number of alkyl halides is 2. The Morgan fingerprint density at radius 3 is 2.82 bits per heavy atom. The van der Waals surface area contributed by atoms with E-state index in [-0.39, 0.29) is 5.02 Å². The van der Waals surface area contributed by atoms with E-state index >= 15 is 0 Å². The second-order valence-corrected chi connectivity index (χ2v) is 3.87. The van der Waals surface area contributed by atoms with Gasteiger partial charge in [-0.2, -0.15) is 5.10 Å². The smallest absolute Gasteiger partial charge is 0.259 e. The Morgan fingerprint density at radius 1 is 1.59 bits per heavy atom. The maximum absolute atomic E-state index is 12.9. The minimum atomic E-state index is -2.54. The highest BCUT2D eigenvalue weighted by molar-refractivity contribution is 6.31. The van der Waals surface area contributed by atoms with Crippen LogP contribution in [0.1, 0.15) is 18.7 Å². The van der Waals surface area contributed by atoms with Crippen molar-refractivity contribution < 1.29 is 13.5 Å². The number of rotatable bonds is 7. The fraction of sp³-hybridized carbons (Fsp3) is 0.700. The summed E-state index contributed by atoms with van der Waals surface area (Å²) in [6, 6.07) is -1.10. The standard InChI is InChI=1S/C10H16ClF2N3O/c1-3-14-8(10(12)13)9-7(11)6-15-16(9)4-5-17-2/h6,8,10,14H,3-5H2,1-2H3. The van der Waals surface area contributed by atoms with Crippen molar-refractivity contribution in [2.75, 3.05) is 20.3 Å². The van der Waals surface area contributed by atoms with Crippen LogP contribution in [0.25, 0.3) is 0 Å². The lowest BCUT2D eigenvalue weighted by Crippen LogP contribution is -2.30. The Hall–Kier alpha value is -0.720. The molecule has 7 heteroatoms. The van der Waals surface area contributed by atoms with Gasteiger partial charge in [0.15, 0.2) is 0 Å². The van der Waals surface area contributed by atoms with E-state index in [0.717, 1.165) is 0 Å². The predicted molar refractivity (Wildman–Crippen MR) is 61.5 cm³/mol. The molecule has 98 valence electrons. The number of hydrogen-bond donors (Lipinski definition) is 1. The highest BCUT2D eigenvalue weighted by Crippen LogP contribution is 2.27. The third kappa shape index (κ3) is 3.62. The molecule has 0 aliphatic rings. The van der Waals surface area contributed by atoms with Crippen molar-refractivity contribution in [1.29, 1.82) is 0 Å². The summed E-state index contributed by atoms with van der Waals surface area (Å²) in [4.78, 5) is 0. The minimum absolute atomic E-state index is 0.243. The lowest BCUT2D eigenvalue weighted by Gasteiger charge is -2.19. The largest absolute Gasteiger partial charge is 0.383 e. The zero-order chi connectivity index (χ0) is 12.8. The van der Waals surface area contributed by atoms with Crippen molar-refractivity contribution in [1.82, 2.24) is 15.1 Å². The molecule has 1 aromatic heterocycles. The third-order valence-corrected chi connectivity index (χ3v) is 2.60. The van der Waals surface area contributed by atoms with Gasteiger partial charge in [-0.15, -0.1) is 0 Å². The zero-order valence-corrected chi connectivity index (χ0v) is 10.5. The Bertz CT molecular complexity index is 346. The van der Waals surface area contributed by atoms with Crippen molar-refractivity contribution in [2.24, 2.45) is 0 Å². The summed E-state index contributed by atoms with van der Waals surface area (Å²) in [5, 5.41) is 6.92. The highest BCUT2D eigenvalue weighted by atomic mass is 35.5. The summed E-state index contributed by atoms with van der Waals surface area (Å²) >= 11 is 5.90. The highest BCUT2D eigenvalue weighted by Gasteiger charge is 2.27. The van der Waals surface area contributed by atoms with Crippen LogP contribution in [0.4, 0.5) is 8.78 Å². The first-order valence-corrected chi connectivity index (χ1v) is 5.71. The fourth-order valence-electron chi connectivity index (χ4n) is 1.56. The summed E-state index contributed by atoms with van der Waals surface area (Å²) in [5.41, 5.74) is 0.306. The summed E-state index contributed by atoms with van der Waals surface area (Å²) in [6.45, 7) is 2.99. The molecule has 1 heterocycles. The summed E-state index contributed by atoms with van der Waals surface area (Å²) in [7, 11) is 1.54. The van der Waals surface area contributed by atoms with Crippen LogP contribution in [0.2, 0.25) is 5.02 Å². The first-order valence-electron chi connectivity index (χ1n) is 5.33. The molecule has 0 saturated heterocycles. The summed E-state index contributed by atoms with van der Waals surface area (Å²) in [6.07, 6.45) is -1.16. The van der Waals surface area contributed by atoms with Crippen molar-refractivity contribution in [2.45, 2.75) is 25.9 Å². The van der Waals surface area contributed by atoms with Gasteiger partial charge in [0.1, 0.15) is 6.04 Å². The van der Waals surface area contributed by atoms with Crippen LogP contribution in [0.15, 0.2) is 6.20 Å². The van der Waals surface area contributed by atoms with Gasteiger partial charge in [-0.3, -0.25) is 4.68 Å². The molecule has 1 N–H and O–H groups in total. The fourth-order valence-corrected chi connectivity index (χ4v) is 1.82. The minimum Gasteiger partial charge on any atom is -0.383 e. The van der Waals surface area contributed by atoms with E-state index in [2.05, 4.69) is 10.4 Å². The van der Waals surface area contributed by atoms with Crippen molar-refractivity contribution in [3.63, 3.8) is 0 Å². The van der Waals surface area contributed by atoms with Crippen LogP contribution in [0.5, 0.6) is 0 Å². The topological polar surface area (TPSA) is 39.1 Å². The van der Waals surface area contributed by atoms with Gasteiger partial charge >= 0.3 is 0 Å².